The van der Waals surface area contributed by atoms with E-state index in [1.54, 1.807) is 12.5 Å². The SMILES string of the molecule is c1ccc(C2CCN([C@@H]3COC4(C3)CN(c3ncco3)C4)CC2)c(O[C@@H]2CCOC2)c1. The highest BCUT2D eigenvalue weighted by molar-refractivity contribution is 5.37. The Morgan fingerprint density at radius 1 is 1.06 bits per heavy atom. The Hall–Kier alpha value is -2.09. The first-order valence-corrected chi connectivity index (χ1v) is 11.6. The summed E-state index contributed by atoms with van der Waals surface area (Å²) in [6, 6.07) is 9.85. The zero-order valence-corrected chi connectivity index (χ0v) is 17.9. The molecule has 4 fully saturated rings. The van der Waals surface area contributed by atoms with Crippen LogP contribution in [0.5, 0.6) is 5.75 Å². The van der Waals surface area contributed by atoms with Gasteiger partial charge in [0.15, 0.2) is 0 Å². The molecule has 4 aliphatic rings. The minimum absolute atomic E-state index is 0.0141. The van der Waals surface area contributed by atoms with Crippen molar-refractivity contribution in [3.8, 4) is 5.75 Å². The summed E-state index contributed by atoms with van der Waals surface area (Å²) in [5, 5.41) is 0. The molecule has 0 saturated carbocycles. The zero-order chi connectivity index (χ0) is 20.7. The van der Waals surface area contributed by atoms with E-state index in [0.29, 0.717) is 24.6 Å². The van der Waals surface area contributed by atoms with Crippen molar-refractivity contribution >= 4 is 6.01 Å². The lowest BCUT2D eigenvalue weighted by Gasteiger charge is -2.46. The third-order valence-electron chi connectivity index (χ3n) is 7.42. The van der Waals surface area contributed by atoms with Crippen molar-refractivity contribution in [2.75, 3.05) is 50.9 Å². The van der Waals surface area contributed by atoms with Gasteiger partial charge in [0.25, 0.3) is 6.01 Å². The molecule has 1 aromatic carbocycles. The number of ether oxygens (including phenoxy) is 3. The van der Waals surface area contributed by atoms with Crippen LogP contribution in [0.15, 0.2) is 41.1 Å². The van der Waals surface area contributed by atoms with Crippen molar-refractivity contribution < 1.29 is 18.6 Å². The maximum absolute atomic E-state index is 6.30. The molecule has 0 radical (unpaired) electrons. The summed E-state index contributed by atoms with van der Waals surface area (Å²) in [6.45, 7) is 6.38. The van der Waals surface area contributed by atoms with Gasteiger partial charge >= 0.3 is 0 Å². The van der Waals surface area contributed by atoms with E-state index in [0.717, 1.165) is 58.0 Å². The van der Waals surface area contributed by atoms with Crippen LogP contribution < -0.4 is 9.64 Å². The predicted molar refractivity (Wildman–Crippen MR) is 116 cm³/mol. The normalized spacial score (nSPS) is 28.8. The standard InChI is InChI=1S/C24H31N3O4/c1-2-4-22(31-20-7-11-28-15-20)21(3-1)18-5-9-26(10-6-18)19-13-24(30-14-19)16-27(17-24)23-25-8-12-29-23/h1-4,8,12,18-20H,5-7,9-11,13-17H2/t19-,20+/m0/s1. The van der Waals surface area contributed by atoms with Crippen LogP contribution in [0.1, 0.15) is 37.2 Å². The van der Waals surface area contributed by atoms with E-state index in [9.17, 15) is 0 Å². The summed E-state index contributed by atoms with van der Waals surface area (Å²) >= 11 is 0. The highest BCUT2D eigenvalue weighted by atomic mass is 16.5. The van der Waals surface area contributed by atoms with Gasteiger partial charge in [0.05, 0.1) is 39.1 Å². The van der Waals surface area contributed by atoms with E-state index in [1.165, 1.54) is 18.4 Å². The number of oxazole rings is 1. The summed E-state index contributed by atoms with van der Waals surface area (Å²) in [5.74, 6) is 1.62. The third kappa shape index (κ3) is 3.83. The molecule has 7 heteroatoms. The molecule has 1 spiro atoms. The van der Waals surface area contributed by atoms with Crippen LogP contribution in [0, 0.1) is 0 Å². The summed E-state index contributed by atoms with van der Waals surface area (Å²) in [4.78, 5) is 9.07. The molecular weight excluding hydrogens is 394 g/mol. The van der Waals surface area contributed by atoms with E-state index in [-0.39, 0.29) is 11.7 Å². The smallest absolute Gasteiger partial charge is 0.297 e. The lowest BCUT2D eigenvalue weighted by molar-refractivity contribution is -0.0215. The average molecular weight is 426 g/mol. The number of para-hydroxylation sites is 1. The second kappa shape index (κ2) is 8.11. The Bertz CT molecular complexity index is 869. The average Bonchev–Trinajstić information content (AvgIpc) is 3.54. The van der Waals surface area contributed by atoms with Gasteiger partial charge in [-0.15, -0.1) is 0 Å². The van der Waals surface area contributed by atoms with Gasteiger partial charge in [-0.05, 0) is 49.9 Å². The Labute approximate surface area is 183 Å². The monoisotopic (exact) mass is 425 g/mol. The molecule has 7 nitrogen and oxygen atoms in total. The second-order valence-electron chi connectivity index (χ2n) is 9.47. The number of likely N-dealkylation sites (tertiary alicyclic amines) is 1. The van der Waals surface area contributed by atoms with E-state index < -0.39 is 0 Å². The van der Waals surface area contributed by atoms with Gasteiger partial charge < -0.3 is 23.5 Å². The molecule has 0 unspecified atom stereocenters. The van der Waals surface area contributed by atoms with Crippen LogP contribution in [-0.4, -0.2) is 73.6 Å². The molecule has 5 heterocycles. The van der Waals surface area contributed by atoms with Crippen molar-refractivity contribution in [3.05, 3.63) is 42.3 Å². The van der Waals surface area contributed by atoms with Crippen LogP contribution >= 0.6 is 0 Å². The van der Waals surface area contributed by atoms with Crippen LogP contribution in [0.25, 0.3) is 0 Å². The van der Waals surface area contributed by atoms with Crippen molar-refractivity contribution in [1.82, 2.24) is 9.88 Å². The number of aromatic nitrogens is 1. The molecule has 4 saturated heterocycles. The van der Waals surface area contributed by atoms with E-state index >= 15 is 0 Å². The lowest BCUT2D eigenvalue weighted by atomic mass is 9.86. The summed E-state index contributed by atoms with van der Waals surface area (Å²) in [5.41, 5.74) is 1.36. The highest BCUT2D eigenvalue weighted by Gasteiger charge is 2.52. The van der Waals surface area contributed by atoms with Gasteiger partial charge in [-0.1, -0.05) is 18.2 Å². The summed E-state index contributed by atoms with van der Waals surface area (Å²) in [7, 11) is 0. The molecule has 0 N–H and O–H groups in total. The molecular formula is C24H31N3O4. The number of anilines is 1. The topological polar surface area (TPSA) is 60.2 Å². The molecule has 0 amide bonds. The maximum atomic E-state index is 6.30. The first-order valence-electron chi connectivity index (χ1n) is 11.6. The number of benzene rings is 1. The molecule has 0 bridgehead atoms. The molecule has 2 atom stereocenters. The van der Waals surface area contributed by atoms with Crippen molar-refractivity contribution in [1.29, 1.82) is 0 Å². The van der Waals surface area contributed by atoms with Crippen molar-refractivity contribution in [2.45, 2.75) is 49.3 Å². The number of hydrogen-bond acceptors (Lipinski definition) is 7. The second-order valence-corrected chi connectivity index (χ2v) is 9.47. The van der Waals surface area contributed by atoms with E-state index in [1.807, 2.05) is 0 Å². The van der Waals surface area contributed by atoms with Gasteiger partial charge in [-0.2, -0.15) is 0 Å². The molecule has 0 aliphatic carbocycles. The fraction of sp³-hybridized carbons (Fsp3) is 0.625. The fourth-order valence-corrected chi connectivity index (χ4v) is 5.72. The molecule has 1 aromatic heterocycles. The van der Waals surface area contributed by atoms with Crippen LogP contribution in [0.3, 0.4) is 0 Å². The van der Waals surface area contributed by atoms with Gasteiger partial charge in [-0.3, -0.25) is 4.90 Å². The van der Waals surface area contributed by atoms with Gasteiger partial charge in [0.2, 0.25) is 0 Å². The number of nitrogens with zero attached hydrogens (tertiary/aromatic N) is 3. The third-order valence-corrected chi connectivity index (χ3v) is 7.42. The Kier molecular flexibility index (Phi) is 5.13. The van der Waals surface area contributed by atoms with Crippen LogP contribution in [-0.2, 0) is 9.47 Å². The molecule has 166 valence electrons. The Balaban J connectivity index is 1.04. The quantitative estimate of drug-likeness (QED) is 0.730. The fourth-order valence-electron chi connectivity index (χ4n) is 5.72. The van der Waals surface area contributed by atoms with Crippen molar-refractivity contribution in [3.63, 3.8) is 0 Å². The zero-order valence-electron chi connectivity index (χ0n) is 17.9. The predicted octanol–water partition coefficient (Wildman–Crippen LogP) is 3.07. The van der Waals surface area contributed by atoms with Gasteiger partial charge in [0.1, 0.15) is 23.7 Å². The van der Waals surface area contributed by atoms with E-state index in [4.69, 9.17) is 18.6 Å². The number of piperidine rings is 1. The molecule has 4 aliphatic heterocycles. The summed E-state index contributed by atoms with van der Waals surface area (Å²) < 4.78 is 23.5. The Morgan fingerprint density at radius 3 is 2.71 bits per heavy atom. The summed E-state index contributed by atoms with van der Waals surface area (Å²) in [6.07, 6.45) is 7.98. The minimum atomic E-state index is -0.0141. The van der Waals surface area contributed by atoms with Gasteiger partial charge in [-0.25, -0.2) is 4.98 Å². The molecule has 2 aromatic rings. The van der Waals surface area contributed by atoms with E-state index in [2.05, 4.69) is 39.0 Å². The highest BCUT2D eigenvalue weighted by Crippen LogP contribution is 2.41. The van der Waals surface area contributed by atoms with Crippen molar-refractivity contribution in [2.24, 2.45) is 0 Å². The molecule has 31 heavy (non-hydrogen) atoms. The largest absolute Gasteiger partial charge is 0.488 e. The first-order chi connectivity index (χ1) is 15.3. The number of rotatable bonds is 5. The number of hydrogen-bond donors (Lipinski definition) is 0. The van der Waals surface area contributed by atoms with Gasteiger partial charge in [0, 0.05) is 12.5 Å². The Morgan fingerprint density at radius 2 is 1.94 bits per heavy atom. The molecule has 6 rings (SSSR count). The maximum Gasteiger partial charge on any atom is 0.297 e. The minimum Gasteiger partial charge on any atom is -0.488 e. The lowest BCUT2D eigenvalue weighted by Crippen LogP contribution is -2.62. The van der Waals surface area contributed by atoms with Crippen LogP contribution in [0.4, 0.5) is 6.01 Å². The van der Waals surface area contributed by atoms with Crippen LogP contribution in [0.2, 0.25) is 0 Å². The first kappa shape index (κ1) is 19.6.